The first-order valence-electron chi connectivity index (χ1n) is 10.2. The molecule has 1 amide bonds. The fourth-order valence-corrected chi connectivity index (χ4v) is 5.56. The van der Waals surface area contributed by atoms with Gasteiger partial charge in [-0.15, -0.1) is 11.3 Å². The number of aryl methyl sites for hydroxylation is 2. The van der Waals surface area contributed by atoms with E-state index in [-0.39, 0.29) is 11.8 Å². The average molecular weight is 384 g/mol. The summed E-state index contributed by atoms with van der Waals surface area (Å²) in [5.74, 6) is 1.41. The molecule has 1 aromatic carbocycles. The topological polar surface area (TPSA) is 68.0 Å². The first kappa shape index (κ1) is 18.6. The normalized spacial score (nSPS) is 27.3. The third kappa shape index (κ3) is 4.58. The Bertz CT molecular complexity index is 746. The SMILES string of the molecule is NC1C2CCCC1CC(C(=O)NCc1csc(CCc3ccccc3)n1)C2. The van der Waals surface area contributed by atoms with Crippen LogP contribution < -0.4 is 11.1 Å². The first-order valence-corrected chi connectivity index (χ1v) is 11.1. The largest absolute Gasteiger partial charge is 0.350 e. The number of fused-ring (bicyclic) bond motifs is 2. The van der Waals surface area contributed by atoms with E-state index < -0.39 is 0 Å². The number of benzene rings is 1. The number of nitrogens with one attached hydrogen (secondary N) is 1. The van der Waals surface area contributed by atoms with Crippen LogP contribution in [0.3, 0.4) is 0 Å². The number of nitrogens with zero attached hydrogens (tertiary/aromatic N) is 1. The molecule has 0 radical (unpaired) electrons. The van der Waals surface area contributed by atoms with E-state index in [1.165, 1.54) is 24.8 Å². The minimum atomic E-state index is 0.135. The molecule has 2 aliphatic rings. The number of hydrogen-bond donors (Lipinski definition) is 2. The van der Waals surface area contributed by atoms with Crippen molar-refractivity contribution in [3.63, 3.8) is 0 Å². The summed E-state index contributed by atoms with van der Waals surface area (Å²) in [6.07, 6.45) is 7.54. The van der Waals surface area contributed by atoms with E-state index in [9.17, 15) is 4.79 Å². The summed E-state index contributed by atoms with van der Waals surface area (Å²) < 4.78 is 0. The molecular weight excluding hydrogens is 354 g/mol. The molecule has 4 nitrogen and oxygen atoms in total. The summed E-state index contributed by atoms with van der Waals surface area (Å²) in [6.45, 7) is 0.540. The molecular formula is C22H29N3OS. The molecule has 3 N–H and O–H groups in total. The molecule has 2 aromatic rings. The molecule has 0 saturated heterocycles. The van der Waals surface area contributed by atoms with Crippen LogP contribution in [0.2, 0.25) is 0 Å². The molecule has 2 aliphatic carbocycles. The van der Waals surface area contributed by atoms with Crippen LogP contribution >= 0.6 is 11.3 Å². The number of rotatable bonds is 6. The summed E-state index contributed by atoms with van der Waals surface area (Å²) in [5.41, 5.74) is 8.66. The number of aromatic nitrogens is 1. The zero-order valence-corrected chi connectivity index (χ0v) is 16.6. The highest BCUT2D eigenvalue weighted by molar-refractivity contribution is 7.09. The van der Waals surface area contributed by atoms with Gasteiger partial charge in [0.05, 0.1) is 17.2 Å². The Labute approximate surface area is 165 Å². The van der Waals surface area contributed by atoms with E-state index in [2.05, 4.69) is 35.0 Å². The van der Waals surface area contributed by atoms with E-state index in [4.69, 9.17) is 10.7 Å². The van der Waals surface area contributed by atoms with Gasteiger partial charge < -0.3 is 11.1 Å². The van der Waals surface area contributed by atoms with E-state index in [0.717, 1.165) is 36.4 Å². The molecule has 144 valence electrons. The predicted octanol–water partition coefficient (Wildman–Crippen LogP) is 3.70. The summed E-state index contributed by atoms with van der Waals surface area (Å²) in [7, 11) is 0. The average Bonchev–Trinajstić information content (AvgIpc) is 3.13. The van der Waals surface area contributed by atoms with Gasteiger partial charge in [0.2, 0.25) is 5.91 Å². The van der Waals surface area contributed by atoms with Crippen LogP contribution in [0.1, 0.15) is 48.4 Å². The van der Waals surface area contributed by atoms with Gasteiger partial charge in [-0.3, -0.25) is 4.79 Å². The van der Waals surface area contributed by atoms with Crippen molar-refractivity contribution in [2.75, 3.05) is 0 Å². The maximum Gasteiger partial charge on any atom is 0.223 e. The van der Waals surface area contributed by atoms with Gasteiger partial charge in [-0.1, -0.05) is 36.8 Å². The van der Waals surface area contributed by atoms with Crippen LogP contribution in [0, 0.1) is 17.8 Å². The highest BCUT2D eigenvalue weighted by Gasteiger charge is 2.40. The van der Waals surface area contributed by atoms with Crippen molar-refractivity contribution in [1.29, 1.82) is 0 Å². The Morgan fingerprint density at radius 2 is 1.89 bits per heavy atom. The number of nitrogens with two attached hydrogens (primary N) is 1. The van der Waals surface area contributed by atoms with Crippen LogP contribution in [0.15, 0.2) is 35.7 Å². The minimum Gasteiger partial charge on any atom is -0.350 e. The monoisotopic (exact) mass is 383 g/mol. The van der Waals surface area contributed by atoms with Crippen LogP contribution in [-0.2, 0) is 24.2 Å². The zero-order chi connectivity index (χ0) is 18.6. The lowest BCUT2D eigenvalue weighted by molar-refractivity contribution is -0.128. The Kier molecular flexibility index (Phi) is 5.89. The molecule has 2 atom stereocenters. The van der Waals surface area contributed by atoms with E-state index in [1.807, 2.05) is 6.07 Å². The van der Waals surface area contributed by atoms with E-state index in [1.54, 1.807) is 11.3 Å². The number of carbonyl (C=O) groups is 1. The number of carbonyl (C=O) groups excluding carboxylic acids is 1. The molecule has 2 saturated carbocycles. The van der Waals surface area contributed by atoms with Crippen LogP contribution in [0.4, 0.5) is 0 Å². The molecule has 2 fully saturated rings. The second-order valence-electron chi connectivity index (χ2n) is 8.13. The zero-order valence-electron chi connectivity index (χ0n) is 15.8. The Balaban J connectivity index is 1.25. The molecule has 5 heteroatoms. The highest BCUT2D eigenvalue weighted by Crippen LogP contribution is 2.41. The van der Waals surface area contributed by atoms with Crippen LogP contribution in [0.5, 0.6) is 0 Å². The minimum absolute atomic E-state index is 0.135. The summed E-state index contributed by atoms with van der Waals surface area (Å²) in [4.78, 5) is 17.3. The Morgan fingerprint density at radius 3 is 2.63 bits per heavy atom. The van der Waals surface area contributed by atoms with Gasteiger partial charge in [0.15, 0.2) is 0 Å². The Morgan fingerprint density at radius 1 is 1.15 bits per heavy atom. The van der Waals surface area contributed by atoms with Gasteiger partial charge in [0.25, 0.3) is 0 Å². The van der Waals surface area contributed by atoms with Crippen molar-refractivity contribution in [3.05, 3.63) is 52.0 Å². The standard InChI is InChI=1S/C22H29N3OS/c23-21-16-7-4-8-17(21)12-18(11-16)22(26)24-13-19-14-27-20(25-19)10-9-15-5-2-1-3-6-15/h1-3,5-6,14,16-18,21H,4,7-13,23H2,(H,24,26). The lowest BCUT2D eigenvalue weighted by atomic mass is 9.65. The smallest absolute Gasteiger partial charge is 0.223 e. The molecule has 0 aliphatic heterocycles. The molecule has 1 heterocycles. The highest BCUT2D eigenvalue weighted by atomic mass is 32.1. The summed E-state index contributed by atoms with van der Waals surface area (Å²) in [5, 5.41) is 6.34. The number of thiazole rings is 1. The molecule has 2 unspecified atom stereocenters. The lowest BCUT2D eigenvalue weighted by Crippen LogP contribution is -2.49. The fraction of sp³-hybridized carbons (Fsp3) is 0.545. The van der Waals surface area contributed by atoms with Crippen molar-refractivity contribution >= 4 is 17.2 Å². The van der Waals surface area contributed by atoms with E-state index >= 15 is 0 Å². The van der Waals surface area contributed by atoms with Crippen molar-refractivity contribution in [2.24, 2.45) is 23.5 Å². The Hall–Kier alpha value is -1.72. The van der Waals surface area contributed by atoms with Gasteiger partial charge in [0.1, 0.15) is 0 Å². The van der Waals surface area contributed by atoms with Gasteiger partial charge in [-0.2, -0.15) is 0 Å². The molecule has 27 heavy (non-hydrogen) atoms. The quantitative estimate of drug-likeness (QED) is 0.799. The van der Waals surface area contributed by atoms with E-state index in [0.29, 0.717) is 24.4 Å². The lowest BCUT2D eigenvalue weighted by Gasteiger charge is -2.43. The third-order valence-corrected chi connectivity index (χ3v) is 7.25. The van der Waals surface area contributed by atoms with Crippen LogP contribution in [-0.4, -0.2) is 16.9 Å². The van der Waals surface area contributed by atoms with Gasteiger partial charge >= 0.3 is 0 Å². The van der Waals surface area contributed by atoms with Crippen molar-refractivity contribution in [3.8, 4) is 0 Å². The maximum absolute atomic E-state index is 12.7. The number of amides is 1. The maximum atomic E-state index is 12.7. The summed E-state index contributed by atoms with van der Waals surface area (Å²) >= 11 is 1.69. The van der Waals surface area contributed by atoms with Crippen LogP contribution in [0.25, 0.3) is 0 Å². The second kappa shape index (κ2) is 8.53. The molecule has 1 aromatic heterocycles. The van der Waals surface area contributed by atoms with Gasteiger partial charge in [-0.05, 0) is 49.5 Å². The third-order valence-electron chi connectivity index (χ3n) is 6.30. The van der Waals surface area contributed by atoms with Gasteiger partial charge in [0, 0.05) is 23.8 Å². The first-order chi connectivity index (χ1) is 13.2. The molecule has 4 rings (SSSR count). The number of hydrogen-bond acceptors (Lipinski definition) is 4. The van der Waals surface area contributed by atoms with Crippen molar-refractivity contribution in [2.45, 2.75) is 57.5 Å². The van der Waals surface area contributed by atoms with Gasteiger partial charge in [-0.25, -0.2) is 4.98 Å². The fourth-order valence-electron chi connectivity index (χ4n) is 4.77. The predicted molar refractivity (Wildman–Crippen MR) is 109 cm³/mol. The second-order valence-corrected chi connectivity index (χ2v) is 9.08. The molecule has 2 bridgehead atoms. The van der Waals surface area contributed by atoms with Crippen molar-refractivity contribution in [1.82, 2.24) is 10.3 Å². The molecule has 0 spiro atoms. The van der Waals surface area contributed by atoms with Crippen molar-refractivity contribution < 1.29 is 4.79 Å². The summed E-state index contributed by atoms with van der Waals surface area (Å²) in [6, 6.07) is 10.8.